The third kappa shape index (κ3) is 4.87. The monoisotopic (exact) mass is 455 g/mol. The number of hydrazine groups is 1. The van der Waals surface area contributed by atoms with Crippen LogP contribution in [0.25, 0.3) is 0 Å². The molecule has 0 radical (unpaired) electrons. The Balaban J connectivity index is 2.27. The maximum atomic E-state index is 13.2. The highest BCUT2D eigenvalue weighted by Gasteiger charge is 2.56. The third-order valence-electron chi connectivity index (χ3n) is 5.06. The summed E-state index contributed by atoms with van der Waals surface area (Å²) in [5, 5.41) is 2.11. The SMILES string of the molecule is CCOC(=O)[C@@H]1N(c2ccccc2)[C@@H](c2ccc(C)cc2)N(C(=O)OCC)N1C(=O)OCC. The normalized spacial score (nSPS) is 17.6. The Morgan fingerprint density at radius 2 is 1.30 bits per heavy atom. The molecule has 0 aliphatic carbocycles. The fourth-order valence-electron chi connectivity index (χ4n) is 3.71. The zero-order valence-electron chi connectivity index (χ0n) is 19.3. The van der Waals surface area contributed by atoms with Crippen molar-refractivity contribution in [2.75, 3.05) is 24.7 Å². The quantitative estimate of drug-likeness (QED) is 0.476. The first kappa shape index (κ1) is 23.9. The van der Waals surface area contributed by atoms with Crippen LogP contribution in [-0.2, 0) is 19.0 Å². The summed E-state index contributed by atoms with van der Waals surface area (Å²) in [6, 6.07) is 16.5. The molecule has 2 aromatic rings. The Labute approximate surface area is 193 Å². The Morgan fingerprint density at radius 3 is 1.85 bits per heavy atom. The van der Waals surface area contributed by atoms with E-state index in [2.05, 4.69) is 0 Å². The summed E-state index contributed by atoms with van der Waals surface area (Å²) in [5.74, 6) is -0.696. The lowest BCUT2D eigenvalue weighted by molar-refractivity contribution is -0.150. The molecule has 0 aromatic heterocycles. The van der Waals surface area contributed by atoms with Gasteiger partial charge in [-0.05, 0) is 45.4 Å². The first-order chi connectivity index (χ1) is 15.9. The van der Waals surface area contributed by atoms with Crippen LogP contribution in [0.4, 0.5) is 15.3 Å². The number of rotatable bonds is 6. The molecule has 1 aliphatic heterocycles. The number of amides is 2. The Bertz CT molecular complexity index is 966. The molecular formula is C24H29N3O6. The maximum absolute atomic E-state index is 13.2. The average Bonchev–Trinajstić information content (AvgIpc) is 3.17. The van der Waals surface area contributed by atoms with E-state index < -0.39 is 30.5 Å². The molecule has 0 spiro atoms. The summed E-state index contributed by atoms with van der Waals surface area (Å²) in [6.45, 7) is 7.18. The minimum Gasteiger partial charge on any atom is -0.463 e. The van der Waals surface area contributed by atoms with Crippen LogP contribution in [0, 0.1) is 6.92 Å². The van der Waals surface area contributed by atoms with Crippen LogP contribution < -0.4 is 4.90 Å². The van der Waals surface area contributed by atoms with Crippen LogP contribution in [0.5, 0.6) is 0 Å². The van der Waals surface area contributed by atoms with Crippen molar-refractivity contribution in [3.63, 3.8) is 0 Å². The van der Waals surface area contributed by atoms with Crippen LogP contribution >= 0.6 is 0 Å². The molecule has 0 unspecified atom stereocenters. The number of aryl methyl sites for hydroxylation is 1. The number of esters is 1. The van der Waals surface area contributed by atoms with E-state index in [9.17, 15) is 14.4 Å². The molecule has 1 heterocycles. The van der Waals surface area contributed by atoms with Gasteiger partial charge in [-0.25, -0.2) is 14.4 Å². The van der Waals surface area contributed by atoms with Gasteiger partial charge in [-0.3, -0.25) is 0 Å². The van der Waals surface area contributed by atoms with Gasteiger partial charge in [0, 0.05) is 5.69 Å². The minimum absolute atomic E-state index is 0.0576. The molecule has 33 heavy (non-hydrogen) atoms. The second-order valence-corrected chi connectivity index (χ2v) is 7.24. The number of carbonyl (C=O) groups is 3. The molecule has 9 heteroatoms. The second kappa shape index (κ2) is 10.7. The largest absolute Gasteiger partial charge is 0.463 e. The molecular weight excluding hydrogens is 426 g/mol. The van der Waals surface area contributed by atoms with Gasteiger partial charge in [0.15, 0.2) is 6.17 Å². The summed E-state index contributed by atoms with van der Waals surface area (Å²) >= 11 is 0. The standard InChI is InChI=1S/C24H29N3O6/c1-5-31-22(28)21-25(19-11-9-8-10-12-19)20(18-15-13-17(4)14-16-18)26(23(29)32-6-2)27(21)24(30)33-7-3/h8-16,20-21H,5-7H2,1-4H3/t20-,21-/m1/s1. The fraction of sp³-hybridized carbons (Fsp3) is 0.375. The first-order valence-electron chi connectivity index (χ1n) is 10.9. The second-order valence-electron chi connectivity index (χ2n) is 7.24. The number of anilines is 1. The lowest BCUT2D eigenvalue weighted by Gasteiger charge is -2.31. The predicted octanol–water partition coefficient (Wildman–Crippen LogP) is 4.24. The van der Waals surface area contributed by atoms with Crippen molar-refractivity contribution in [3.05, 3.63) is 65.7 Å². The van der Waals surface area contributed by atoms with E-state index in [-0.39, 0.29) is 19.8 Å². The van der Waals surface area contributed by atoms with Gasteiger partial charge in [0.2, 0.25) is 6.17 Å². The molecule has 1 fully saturated rings. The Morgan fingerprint density at radius 1 is 0.758 bits per heavy atom. The molecule has 3 rings (SSSR count). The lowest BCUT2D eigenvalue weighted by atomic mass is 10.1. The van der Waals surface area contributed by atoms with E-state index in [4.69, 9.17) is 14.2 Å². The summed E-state index contributed by atoms with van der Waals surface area (Å²) in [5.41, 5.74) is 2.32. The van der Waals surface area contributed by atoms with Gasteiger partial charge in [-0.1, -0.05) is 48.0 Å². The van der Waals surface area contributed by atoms with Gasteiger partial charge in [0.1, 0.15) is 0 Å². The topological polar surface area (TPSA) is 88.6 Å². The van der Waals surface area contributed by atoms with Crippen molar-refractivity contribution in [2.24, 2.45) is 0 Å². The van der Waals surface area contributed by atoms with Gasteiger partial charge in [0.25, 0.3) is 0 Å². The number of carbonyl (C=O) groups excluding carboxylic acids is 3. The number of para-hydroxylation sites is 1. The molecule has 9 nitrogen and oxygen atoms in total. The van der Waals surface area contributed by atoms with E-state index in [0.717, 1.165) is 15.6 Å². The van der Waals surface area contributed by atoms with Crippen LogP contribution in [-0.4, -0.2) is 54.2 Å². The van der Waals surface area contributed by atoms with Crippen molar-refractivity contribution in [2.45, 2.75) is 40.0 Å². The van der Waals surface area contributed by atoms with Gasteiger partial charge in [0.05, 0.1) is 19.8 Å². The van der Waals surface area contributed by atoms with Crippen LogP contribution in [0.2, 0.25) is 0 Å². The molecule has 1 saturated heterocycles. The summed E-state index contributed by atoms with van der Waals surface area (Å²) in [4.78, 5) is 41.2. The fourth-order valence-corrected chi connectivity index (χ4v) is 3.71. The van der Waals surface area contributed by atoms with Crippen molar-refractivity contribution < 1.29 is 28.6 Å². The van der Waals surface area contributed by atoms with E-state index in [1.165, 1.54) is 0 Å². The van der Waals surface area contributed by atoms with E-state index in [1.54, 1.807) is 37.8 Å². The summed E-state index contributed by atoms with van der Waals surface area (Å²) in [7, 11) is 0. The molecule has 0 saturated carbocycles. The number of hydrogen-bond donors (Lipinski definition) is 0. The molecule has 0 N–H and O–H groups in total. The summed E-state index contributed by atoms with van der Waals surface area (Å²) < 4.78 is 15.8. The molecule has 1 aliphatic rings. The van der Waals surface area contributed by atoms with Gasteiger partial charge < -0.3 is 19.1 Å². The smallest absolute Gasteiger partial charge is 0.431 e. The minimum atomic E-state index is -1.29. The number of nitrogens with zero attached hydrogens (tertiary/aromatic N) is 3. The predicted molar refractivity (Wildman–Crippen MR) is 121 cm³/mol. The van der Waals surface area contributed by atoms with Crippen molar-refractivity contribution in [3.8, 4) is 0 Å². The van der Waals surface area contributed by atoms with E-state index >= 15 is 0 Å². The zero-order chi connectivity index (χ0) is 24.0. The number of hydrogen-bond acceptors (Lipinski definition) is 7. The summed E-state index contributed by atoms with van der Waals surface area (Å²) in [6.07, 6.45) is -3.81. The van der Waals surface area contributed by atoms with Crippen molar-refractivity contribution in [1.82, 2.24) is 10.0 Å². The number of benzene rings is 2. The lowest BCUT2D eigenvalue weighted by Crippen LogP contribution is -2.53. The highest BCUT2D eigenvalue weighted by Crippen LogP contribution is 2.42. The molecule has 2 amide bonds. The van der Waals surface area contributed by atoms with Crippen molar-refractivity contribution >= 4 is 23.8 Å². The van der Waals surface area contributed by atoms with Crippen LogP contribution in [0.1, 0.15) is 38.1 Å². The van der Waals surface area contributed by atoms with Crippen LogP contribution in [0.15, 0.2) is 54.6 Å². The van der Waals surface area contributed by atoms with Gasteiger partial charge in [-0.15, -0.1) is 0 Å². The zero-order valence-corrected chi connectivity index (χ0v) is 19.3. The molecule has 2 aromatic carbocycles. The number of ether oxygens (including phenoxy) is 3. The van der Waals surface area contributed by atoms with E-state index in [0.29, 0.717) is 11.3 Å². The molecule has 0 bridgehead atoms. The Kier molecular flexibility index (Phi) is 7.76. The van der Waals surface area contributed by atoms with E-state index in [1.807, 2.05) is 49.4 Å². The average molecular weight is 456 g/mol. The van der Waals surface area contributed by atoms with Gasteiger partial charge in [-0.2, -0.15) is 10.0 Å². The first-order valence-corrected chi connectivity index (χ1v) is 10.9. The Hall–Kier alpha value is -3.75. The third-order valence-corrected chi connectivity index (χ3v) is 5.06. The molecule has 176 valence electrons. The van der Waals surface area contributed by atoms with Crippen LogP contribution in [0.3, 0.4) is 0 Å². The highest BCUT2D eigenvalue weighted by atomic mass is 16.6. The van der Waals surface area contributed by atoms with Crippen molar-refractivity contribution in [1.29, 1.82) is 0 Å². The maximum Gasteiger partial charge on any atom is 0.431 e. The van der Waals surface area contributed by atoms with Gasteiger partial charge >= 0.3 is 18.2 Å². The highest BCUT2D eigenvalue weighted by molar-refractivity contribution is 5.88. The molecule has 2 atom stereocenters.